The molecule has 4 heteroatoms. The van der Waals surface area contributed by atoms with E-state index in [0.717, 1.165) is 18.4 Å². The maximum atomic E-state index is 12.5. The molecule has 1 N–H and O–H groups in total. The van der Waals surface area contributed by atoms with Crippen LogP contribution in [0.25, 0.3) is 0 Å². The Morgan fingerprint density at radius 3 is 2.46 bits per heavy atom. The van der Waals surface area contributed by atoms with E-state index in [1.165, 1.54) is 18.4 Å². The quantitative estimate of drug-likeness (QED) is 0.712. The molecule has 3 nitrogen and oxygen atoms in total. The third-order valence-electron chi connectivity index (χ3n) is 5.11. The Kier molecular flexibility index (Phi) is 6.28. The lowest BCUT2D eigenvalue weighted by Crippen LogP contribution is -2.27. The monoisotopic (exact) mass is 369 g/mol. The molecule has 138 valence electrons. The number of rotatable bonds is 7. The summed E-state index contributed by atoms with van der Waals surface area (Å²) < 4.78 is 27.8. The van der Waals surface area contributed by atoms with Gasteiger partial charge in [0.25, 0.3) is 0 Å². The van der Waals surface area contributed by atoms with Gasteiger partial charge < -0.3 is 0 Å². The van der Waals surface area contributed by atoms with Gasteiger partial charge in [-0.05, 0) is 62.1 Å². The number of nitrogens with one attached hydrogen (secondary N) is 1. The van der Waals surface area contributed by atoms with E-state index in [2.05, 4.69) is 41.1 Å². The topological polar surface area (TPSA) is 46.2 Å². The normalized spacial score (nSPS) is 18.6. The molecule has 26 heavy (non-hydrogen) atoms. The summed E-state index contributed by atoms with van der Waals surface area (Å²) >= 11 is 0. The molecule has 0 aromatic heterocycles. The molecule has 2 aromatic rings. The van der Waals surface area contributed by atoms with Gasteiger partial charge in [0.05, 0.1) is 4.90 Å². The van der Waals surface area contributed by atoms with Crippen LogP contribution in [0.3, 0.4) is 0 Å². The second-order valence-electron chi connectivity index (χ2n) is 7.04. The van der Waals surface area contributed by atoms with Gasteiger partial charge in [0.1, 0.15) is 0 Å². The predicted molar refractivity (Wildman–Crippen MR) is 107 cm³/mol. The van der Waals surface area contributed by atoms with Gasteiger partial charge in [0, 0.05) is 6.54 Å². The SMILES string of the molecule is Cc1ccc(S(=O)(=O)NCC[C@@H](c2ccccc2)C2C=CCCC2)cc1. The van der Waals surface area contributed by atoms with E-state index in [9.17, 15) is 8.42 Å². The fourth-order valence-electron chi connectivity index (χ4n) is 3.65. The van der Waals surface area contributed by atoms with E-state index < -0.39 is 10.0 Å². The average Bonchev–Trinajstić information content (AvgIpc) is 2.67. The summed E-state index contributed by atoms with van der Waals surface area (Å²) in [5.74, 6) is 0.823. The van der Waals surface area contributed by atoms with Crippen molar-refractivity contribution in [2.24, 2.45) is 5.92 Å². The van der Waals surface area contributed by atoms with Crippen molar-refractivity contribution in [3.63, 3.8) is 0 Å². The van der Waals surface area contributed by atoms with Crippen molar-refractivity contribution in [3.05, 3.63) is 77.9 Å². The highest BCUT2D eigenvalue weighted by Gasteiger charge is 2.23. The van der Waals surface area contributed by atoms with Crippen LogP contribution in [0.1, 0.15) is 42.7 Å². The Morgan fingerprint density at radius 1 is 1.08 bits per heavy atom. The fourth-order valence-corrected chi connectivity index (χ4v) is 4.70. The highest BCUT2D eigenvalue weighted by atomic mass is 32.2. The fraction of sp³-hybridized carbons (Fsp3) is 0.364. The molecule has 2 aromatic carbocycles. The van der Waals surface area contributed by atoms with Gasteiger partial charge in [-0.3, -0.25) is 0 Å². The molecule has 0 bridgehead atoms. The minimum absolute atomic E-state index is 0.330. The molecule has 0 fully saturated rings. The Hall–Kier alpha value is -1.91. The molecule has 0 heterocycles. The molecule has 0 aliphatic heterocycles. The van der Waals surface area contributed by atoms with Crippen LogP contribution in [0.4, 0.5) is 0 Å². The van der Waals surface area contributed by atoms with Crippen molar-refractivity contribution in [2.45, 2.75) is 43.4 Å². The molecule has 1 aliphatic rings. The van der Waals surface area contributed by atoms with Crippen molar-refractivity contribution in [1.29, 1.82) is 0 Å². The predicted octanol–water partition coefficient (Wildman–Crippen LogP) is 4.80. The molecule has 0 spiro atoms. The molecule has 3 rings (SSSR count). The number of aryl methyl sites for hydroxylation is 1. The minimum atomic E-state index is -3.45. The van der Waals surface area contributed by atoms with Crippen LogP contribution in [0.5, 0.6) is 0 Å². The van der Waals surface area contributed by atoms with Crippen molar-refractivity contribution in [3.8, 4) is 0 Å². The van der Waals surface area contributed by atoms with E-state index in [-0.39, 0.29) is 0 Å². The first-order valence-electron chi connectivity index (χ1n) is 9.34. The number of hydrogen-bond acceptors (Lipinski definition) is 2. The first-order valence-corrected chi connectivity index (χ1v) is 10.8. The second kappa shape index (κ2) is 8.65. The molecule has 0 saturated carbocycles. The minimum Gasteiger partial charge on any atom is -0.211 e. The Labute approximate surface area is 157 Å². The Bertz CT molecular complexity index is 826. The van der Waals surface area contributed by atoms with Gasteiger partial charge in [0.15, 0.2) is 0 Å². The molecule has 0 saturated heterocycles. The lowest BCUT2D eigenvalue weighted by molar-refractivity contribution is 0.424. The van der Waals surface area contributed by atoms with Crippen molar-refractivity contribution in [1.82, 2.24) is 4.72 Å². The maximum absolute atomic E-state index is 12.5. The largest absolute Gasteiger partial charge is 0.240 e. The summed E-state index contributed by atoms with van der Waals surface area (Å²) in [4.78, 5) is 0.330. The highest BCUT2D eigenvalue weighted by molar-refractivity contribution is 7.89. The van der Waals surface area contributed by atoms with Crippen LogP contribution >= 0.6 is 0 Å². The van der Waals surface area contributed by atoms with Gasteiger partial charge in [-0.25, -0.2) is 13.1 Å². The van der Waals surface area contributed by atoms with Crippen LogP contribution in [-0.2, 0) is 10.0 Å². The van der Waals surface area contributed by atoms with Gasteiger partial charge >= 0.3 is 0 Å². The van der Waals surface area contributed by atoms with Crippen LogP contribution in [0.2, 0.25) is 0 Å². The first kappa shape index (κ1) is 18.9. The molecule has 0 amide bonds. The number of sulfonamides is 1. The summed E-state index contributed by atoms with van der Waals surface area (Å²) in [6.45, 7) is 2.39. The molecule has 1 aliphatic carbocycles. The zero-order valence-corrected chi connectivity index (χ0v) is 16.1. The van der Waals surface area contributed by atoms with Gasteiger partial charge in [-0.1, -0.05) is 60.2 Å². The van der Waals surface area contributed by atoms with Crippen LogP contribution in [0.15, 0.2) is 71.6 Å². The Morgan fingerprint density at radius 2 is 1.81 bits per heavy atom. The van der Waals surface area contributed by atoms with Gasteiger partial charge in [0.2, 0.25) is 10.0 Å². The number of allylic oxidation sites excluding steroid dienone is 2. The van der Waals surface area contributed by atoms with E-state index in [4.69, 9.17) is 0 Å². The third-order valence-corrected chi connectivity index (χ3v) is 6.59. The van der Waals surface area contributed by atoms with Crippen molar-refractivity contribution < 1.29 is 8.42 Å². The van der Waals surface area contributed by atoms with Crippen molar-refractivity contribution >= 4 is 10.0 Å². The zero-order chi connectivity index (χ0) is 18.4. The van der Waals surface area contributed by atoms with Gasteiger partial charge in [-0.15, -0.1) is 0 Å². The summed E-state index contributed by atoms with van der Waals surface area (Å²) in [6, 6.07) is 17.4. The Balaban J connectivity index is 1.69. The van der Waals surface area contributed by atoms with Crippen LogP contribution in [0, 0.1) is 12.8 Å². The third kappa shape index (κ3) is 4.83. The van der Waals surface area contributed by atoms with E-state index in [1.54, 1.807) is 12.1 Å². The lowest BCUT2D eigenvalue weighted by Gasteiger charge is -2.27. The first-order chi connectivity index (χ1) is 12.6. The van der Waals surface area contributed by atoms with Crippen LogP contribution in [-0.4, -0.2) is 15.0 Å². The van der Waals surface area contributed by atoms with E-state index in [0.29, 0.717) is 23.3 Å². The summed E-state index contributed by atoms with van der Waals surface area (Å²) in [6.07, 6.45) is 8.90. The average molecular weight is 370 g/mol. The van der Waals surface area contributed by atoms with Gasteiger partial charge in [-0.2, -0.15) is 0 Å². The molecule has 0 radical (unpaired) electrons. The molecular formula is C22H27NO2S. The summed E-state index contributed by atoms with van der Waals surface area (Å²) in [5.41, 5.74) is 2.34. The second-order valence-corrected chi connectivity index (χ2v) is 8.81. The standard InChI is InChI=1S/C22H27NO2S/c1-18-12-14-21(15-13-18)26(24,25)23-17-16-22(19-8-4-2-5-9-19)20-10-6-3-7-11-20/h2,4-6,8-10,12-15,20,22-23H,3,7,11,16-17H2,1H3/t20?,22-/m0/s1. The molecule has 2 atom stereocenters. The highest BCUT2D eigenvalue weighted by Crippen LogP contribution is 2.34. The summed E-state index contributed by atoms with van der Waals surface area (Å²) in [5, 5.41) is 0. The molecular weight excluding hydrogens is 342 g/mol. The van der Waals surface area contributed by atoms with E-state index >= 15 is 0 Å². The van der Waals surface area contributed by atoms with E-state index in [1.807, 2.05) is 25.1 Å². The maximum Gasteiger partial charge on any atom is 0.240 e. The lowest BCUT2D eigenvalue weighted by atomic mass is 9.78. The zero-order valence-electron chi connectivity index (χ0n) is 15.3. The number of benzene rings is 2. The van der Waals surface area contributed by atoms with Crippen molar-refractivity contribution in [2.75, 3.05) is 6.54 Å². The molecule has 1 unspecified atom stereocenters. The summed E-state index contributed by atoms with van der Waals surface area (Å²) in [7, 11) is -3.45. The smallest absolute Gasteiger partial charge is 0.211 e. The number of hydrogen-bond donors (Lipinski definition) is 1. The van der Waals surface area contributed by atoms with Crippen LogP contribution < -0.4 is 4.72 Å².